The van der Waals surface area contributed by atoms with Gasteiger partial charge in [-0.2, -0.15) is 0 Å². The van der Waals surface area contributed by atoms with Gasteiger partial charge in [-0.15, -0.1) is 11.8 Å². The van der Waals surface area contributed by atoms with Crippen molar-refractivity contribution in [2.24, 2.45) is 0 Å². The lowest BCUT2D eigenvalue weighted by atomic mass is 10.1. The quantitative estimate of drug-likeness (QED) is 0.816. The van der Waals surface area contributed by atoms with E-state index >= 15 is 0 Å². The molecule has 0 atom stereocenters. The minimum absolute atomic E-state index is 0.808. The van der Waals surface area contributed by atoms with Crippen LogP contribution in [0.2, 0.25) is 0 Å². The fraction of sp³-hybridized carbons (Fsp3) is 0.500. The Morgan fingerprint density at radius 3 is 2.40 bits per heavy atom. The number of nitrogens with zero attached hydrogens (tertiary/aromatic N) is 1. The summed E-state index contributed by atoms with van der Waals surface area (Å²) in [7, 11) is 2.21. The van der Waals surface area contributed by atoms with Crippen LogP contribution in [0.1, 0.15) is 12.8 Å². The summed E-state index contributed by atoms with van der Waals surface area (Å²) in [5, 5.41) is 0.808. The molecule has 0 amide bonds. The molecule has 0 unspecified atom stereocenters. The second kappa shape index (κ2) is 5.37. The first-order valence-electron chi connectivity index (χ1n) is 5.35. The van der Waals surface area contributed by atoms with Crippen LogP contribution in [0, 0.1) is 0 Å². The number of piperidine rings is 1. The van der Waals surface area contributed by atoms with E-state index in [0.717, 1.165) is 9.72 Å². The molecule has 0 bridgehead atoms. The van der Waals surface area contributed by atoms with Crippen molar-refractivity contribution >= 4 is 27.7 Å². The molecule has 0 aliphatic carbocycles. The van der Waals surface area contributed by atoms with E-state index in [1.165, 1.54) is 30.8 Å². The number of hydrogen-bond acceptors (Lipinski definition) is 2. The molecule has 0 aromatic heterocycles. The molecule has 0 spiro atoms. The third kappa shape index (κ3) is 3.51. The maximum absolute atomic E-state index is 3.46. The molecule has 82 valence electrons. The average Bonchev–Trinajstić information content (AvgIpc) is 2.25. The van der Waals surface area contributed by atoms with Crippen LogP contribution < -0.4 is 0 Å². The highest BCUT2D eigenvalue weighted by molar-refractivity contribution is 9.10. The summed E-state index contributed by atoms with van der Waals surface area (Å²) < 4.78 is 1.16. The highest BCUT2D eigenvalue weighted by Gasteiger charge is 2.17. The molecule has 1 aromatic carbocycles. The van der Waals surface area contributed by atoms with Gasteiger partial charge in [0.05, 0.1) is 0 Å². The summed E-state index contributed by atoms with van der Waals surface area (Å²) in [6.07, 6.45) is 2.63. The Bertz CT molecular complexity index is 304. The van der Waals surface area contributed by atoms with Gasteiger partial charge in [0.1, 0.15) is 0 Å². The van der Waals surface area contributed by atoms with Crippen molar-refractivity contribution in [2.75, 3.05) is 20.1 Å². The van der Waals surface area contributed by atoms with Crippen molar-refractivity contribution in [3.05, 3.63) is 28.7 Å². The Kier molecular flexibility index (Phi) is 4.12. The van der Waals surface area contributed by atoms with E-state index in [0.29, 0.717) is 0 Å². The molecule has 1 aromatic rings. The van der Waals surface area contributed by atoms with Gasteiger partial charge in [-0.3, -0.25) is 0 Å². The molecule has 1 aliphatic heterocycles. The standard InChI is InChI=1S/C12H16BrNS/c1-14-8-6-12(7-9-14)15-11-4-2-10(13)3-5-11/h2-5,12H,6-9H2,1H3. The summed E-state index contributed by atoms with van der Waals surface area (Å²) in [5.41, 5.74) is 0. The van der Waals surface area contributed by atoms with Crippen molar-refractivity contribution in [3.63, 3.8) is 0 Å². The van der Waals surface area contributed by atoms with Crippen LogP contribution in [0.15, 0.2) is 33.6 Å². The van der Waals surface area contributed by atoms with Crippen LogP contribution in [0.5, 0.6) is 0 Å². The Labute approximate surface area is 104 Å². The van der Waals surface area contributed by atoms with Gasteiger partial charge in [-0.25, -0.2) is 0 Å². The molecule has 3 heteroatoms. The lowest BCUT2D eigenvalue weighted by Crippen LogP contribution is -2.31. The third-order valence-electron chi connectivity index (χ3n) is 2.78. The van der Waals surface area contributed by atoms with E-state index in [4.69, 9.17) is 0 Å². The Balaban J connectivity index is 1.89. The van der Waals surface area contributed by atoms with E-state index in [-0.39, 0.29) is 0 Å². The molecule has 15 heavy (non-hydrogen) atoms. The van der Waals surface area contributed by atoms with E-state index in [2.05, 4.69) is 52.1 Å². The molecule has 0 saturated carbocycles. The Morgan fingerprint density at radius 2 is 1.80 bits per heavy atom. The molecule has 1 aliphatic rings. The molecular formula is C12H16BrNS. The number of benzene rings is 1. The van der Waals surface area contributed by atoms with Gasteiger partial charge in [0.15, 0.2) is 0 Å². The van der Waals surface area contributed by atoms with E-state index in [1.807, 2.05) is 11.8 Å². The first-order valence-corrected chi connectivity index (χ1v) is 7.02. The fourth-order valence-corrected chi connectivity index (χ4v) is 3.20. The minimum Gasteiger partial charge on any atom is -0.306 e. The first-order chi connectivity index (χ1) is 7.24. The molecule has 1 nitrogen and oxygen atoms in total. The highest BCUT2D eigenvalue weighted by atomic mass is 79.9. The maximum atomic E-state index is 3.46. The van der Waals surface area contributed by atoms with Crippen molar-refractivity contribution in [2.45, 2.75) is 23.0 Å². The van der Waals surface area contributed by atoms with E-state index < -0.39 is 0 Å². The van der Waals surface area contributed by atoms with E-state index in [1.54, 1.807) is 0 Å². The summed E-state index contributed by atoms with van der Waals surface area (Å²) in [4.78, 5) is 3.81. The van der Waals surface area contributed by atoms with Crippen molar-refractivity contribution in [3.8, 4) is 0 Å². The highest BCUT2D eigenvalue weighted by Crippen LogP contribution is 2.30. The number of halogens is 1. The van der Waals surface area contributed by atoms with Crippen LogP contribution in [0.3, 0.4) is 0 Å². The van der Waals surface area contributed by atoms with Gasteiger partial charge in [0.25, 0.3) is 0 Å². The normalized spacial score (nSPS) is 19.3. The van der Waals surface area contributed by atoms with Crippen molar-refractivity contribution in [1.29, 1.82) is 0 Å². The summed E-state index contributed by atoms with van der Waals surface area (Å²) >= 11 is 5.49. The van der Waals surface area contributed by atoms with Crippen LogP contribution in [-0.4, -0.2) is 30.3 Å². The van der Waals surface area contributed by atoms with Gasteiger partial charge in [-0.1, -0.05) is 15.9 Å². The molecular weight excluding hydrogens is 270 g/mol. The predicted octanol–water partition coefficient (Wildman–Crippen LogP) is 3.64. The molecule has 1 fully saturated rings. The minimum atomic E-state index is 0.808. The lowest BCUT2D eigenvalue weighted by molar-refractivity contribution is 0.282. The van der Waals surface area contributed by atoms with Crippen molar-refractivity contribution in [1.82, 2.24) is 4.90 Å². The second-order valence-electron chi connectivity index (χ2n) is 4.07. The topological polar surface area (TPSA) is 3.24 Å². The van der Waals surface area contributed by atoms with Gasteiger partial charge in [-0.05, 0) is 57.2 Å². The maximum Gasteiger partial charge on any atom is 0.0176 e. The molecule has 1 heterocycles. The zero-order valence-electron chi connectivity index (χ0n) is 8.95. The zero-order chi connectivity index (χ0) is 10.7. The number of thioether (sulfide) groups is 1. The van der Waals surface area contributed by atoms with Gasteiger partial charge < -0.3 is 4.90 Å². The second-order valence-corrected chi connectivity index (χ2v) is 6.36. The molecule has 2 rings (SSSR count). The monoisotopic (exact) mass is 285 g/mol. The smallest absolute Gasteiger partial charge is 0.0176 e. The predicted molar refractivity (Wildman–Crippen MR) is 70.5 cm³/mol. The lowest BCUT2D eigenvalue weighted by Gasteiger charge is -2.28. The number of likely N-dealkylation sites (tertiary alicyclic amines) is 1. The first kappa shape index (κ1) is 11.5. The Hall–Kier alpha value is 0.01000. The Morgan fingerprint density at radius 1 is 1.20 bits per heavy atom. The van der Waals surface area contributed by atoms with Crippen LogP contribution in [-0.2, 0) is 0 Å². The number of hydrogen-bond donors (Lipinski definition) is 0. The van der Waals surface area contributed by atoms with E-state index in [9.17, 15) is 0 Å². The number of rotatable bonds is 2. The molecule has 0 radical (unpaired) electrons. The largest absolute Gasteiger partial charge is 0.306 e. The summed E-state index contributed by atoms with van der Waals surface area (Å²) in [6, 6.07) is 8.65. The van der Waals surface area contributed by atoms with Gasteiger partial charge >= 0.3 is 0 Å². The summed E-state index contributed by atoms with van der Waals surface area (Å²) in [5.74, 6) is 0. The fourth-order valence-electron chi connectivity index (χ4n) is 1.81. The van der Waals surface area contributed by atoms with Gasteiger partial charge in [0.2, 0.25) is 0 Å². The molecule has 1 saturated heterocycles. The summed E-state index contributed by atoms with van der Waals surface area (Å²) in [6.45, 7) is 2.49. The average molecular weight is 286 g/mol. The SMILES string of the molecule is CN1CCC(Sc2ccc(Br)cc2)CC1. The third-order valence-corrected chi connectivity index (χ3v) is 4.66. The van der Waals surface area contributed by atoms with Crippen LogP contribution in [0.25, 0.3) is 0 Å². The molecule has 0 N–H and O–H groups in total. The zero-order valence-corrected chi connectivity index (χ0v) is 11.4. The van der Waals surface area contributed by atoms with Crippen molar-refractivity contribution < 1.29 is 0 Å². The van der Waals surface area contributed by atoms with Crippen LogP contribution >= 0.6 is 27.7 Å². The van der Waals surface area contributed by atoms with Gasteiger partial charge in [0, 0.05) is 14.6 Å². The van der Waals surface area contributed by atoms with Crippen LogP contribution in [0.4, 0.5) is 0 Å².